The fraction of sp³-hybridized carbons (Fsp3) is 0.500. The Morgan fingerprint density at radius 2 is 1.84 bits per heavy atom. The molecule has 1 atom stereocenters. The zero-order valence-electron chi connectivity index (χ0n) is 28.3. The Labute approximate surface area is 295 Å². The average molecular weight is 730 g/mol. The molecule has 3 aromatic heterocycles. The van der Waals surface area contributed by atoms with Crippen molar-refractivity contribution in [3.05, 3.63) is 73.3 Å². The number of methoxy groups -OCH3 is 1. The normalized spacial score (nSPS) is 18.6. The molecule has 272 valence electrons. The number of hydrogen-bond donors (Lipinski definition) is 2. The van der Waals surface area contributed by atoms with Crippen LogP contribution >= 0.6 is 11.6 Å². The molecule has 0 radical (unpaired) electrons. The minimum atomic E-state index is -4.59. The highest BCUT2D eigenvalue weighted by atomic mass is 35.5. The van der Waals surface area contributed by atoms with Crippen molar-refractivity contribution in [2.75, 3.05) is 48.4 Å². The standard InChI is InChI=1S/C34H39ClF3N9O4/c1-3-26-29(44-15-13-43(14-16-44)27-18-39-46(31(27)49)22-5-4-6-22)32(50)47-33(41-30(42-47)20-7-10-23(51-2)11-8-20)45(26)19-28(48)40-25-12-9-21(17-24(25)35)34(36,37)38/h7,9,12,17-18,22-23,39H,3-6,8,10-11,13-16,19H2,1-2H3,(H,40,48). The molecule has 0 spiro atoms. The molecule has 3 aliphatic rings. The van der Waals surface area contributed by atoms with Crippen LogP contribution in [0.2, 0.25) is 5.02 Å². The van der Waals surface area contributed by atoms with E-state index >= 15 is 0 Å². The molecular formula is C34H39ClF3N9O4. The number of carbonyl (C=O) groups is 1. The van der Waals surface area contributed by atoms with Crippen molar-refractivity contribution in [1.29, 1.82) is 0 Å². The van der Waals surface area contributed by atoms with Crippen LogP contribution in [-0.4, -0.2) is 74.2 Å². The zero-order chi connectivity index (χ0) is 36.0. The van der Waals surface area contributed by atoms with Gasteiger partial charge in [0.25, 0.3) is 11.1 Å². The Balaban J connectivity index is 1.22. The van der Waals surface area contributed by atoms with Crippen molar-refractivity contribution < 1.29 is 22.7 Å². The maximum atomic E-state index is 14.3. The third-order valence-electron chi connectivity index (χ3n) is 10.2. The first-order valence-electron chi connectivity index (χ1n) is 17.2. The third-order valence-corrected chi connectivity index (χ3v) is 10.5. The fourth-order valence-corrected chi connectivity index (χ4v) is 7.33. The number of amides is 1. The molecule has 1 saturated carbocycles. The molecule has 4 heterocycles. The largest absolute Gasteiger partial charge is 0.416 e. The Morgan fingerprint density at radius 3 is 2.45 bits per heavy atom. The Morgan fingerprint density at radius 1 is 1.10 bits per heavy atom. The van der Waals surface area contributed by atoms with Crippen LogP contribution in [0.15, 0.2) is 40.1 Å². The molecule has 51 heavy (non-hydrogen) atoms. The van der Waals surface area contributed by atoms with Gasteiger partial charge < -0.3 is 29.5 Å². The first-order chi connectivity index (χ1) is 24.5. The van der Waals surface area contributed by atoms with Gasteiger partial charge in [0.05, 0.1) is 34.1 Å². The van der Waals surface area contributed by atoms with Gasteiger partial charge in [-0.15, -0.1) is 5.10 Å². The van der Waals surface area contributed by atoms with Gasteiger partial charge in [-0.2, -0.15) is 22.7 Å². The molecule has 4 aromatic rings. The molecular weight excluding hydrogens is 691 g/mol. The second-order valence-electron chi connectivity index (χ2n) is 13.2. The van der Waals surface area contributed by atoms with E-state index in [1.807, 2.05) is 22.8 Å². The summed E-state index contributed by atoms with van der Waals surface area (Å²) >= 11 is 6.15. The monoisotopic (exact) mass is 729 g/mol. The number of aromatic nitrogens is 6. The Hall–Kier alpha value is -4.57. The van der Waals surface area contributed by atoms with Gasteiger partial charge in [-0.1, -0.05) is 24.6 Å². The second kappa shape index (κ2) is 13.9. The van der Waals surface area contributed by atoms with E-state index in [1.165, 1.54) is 4.52 Å². The van der Waals surface area contributed by atoms with Crippen molar-refractivity contribution in [1.82, 2.24) is 28.9 Å². The second-order valence-corrected chi connectivity index (χ2v) is 13.6. The number of nitrogens with zero attached hydrogens (tertiary/aromatic N) is 7. The summed E-state index contributed by atoms with van der Waals surface area (Å²) in [5.41, 5.74) is 1.05. The van der Waals surface area contributed by atoms with Crippen LogP contribution in [-0.2, 0) is 28.7 Å². The minimum Gasteiger partial charge on any atom is -0.381 e. The Kier molecular flexibility index (Phi) is 9.48. The SMILES string of the molecule is CCc1c(N2CCN(c3c[nH]n(C4CCC4)c3=O)CC2)c(=O)n2nc(C3=CCC(OC)CC3)nc2n1CC(=O)Nc1ccc(C(F)(F)F)cc1Cl. The van der Waals surface area contributed by atoms with E-state index in [-0.39, 0.29) is 46.3 Å². The summed E-state index contributed by atoms with van der Waals surface area (Å²) in [6, 6.07) is 2.92. The van der Waals surface area contributed by atoms with Gasteiger partial charge in [-0.3, -0.25) is 14.4 Å². The third kappa shape index (κ3) is 6.66. The van der Waals surface area contributed by atoms with Crippen LogP contribution < -0.4 is 26.2 Å². The molecule has 1 saturated heterocycles. The van der Waals surface area contributed by atoms with E-state index in [1.54, 1.807) is 22.6 Å². The lowest BCUT2D eigenvalue weighted by Crippen LogP contribution is -2.50. The number of nitrogens with one attached hydrogen (secondary N) is 2. The molecule has 2 fully saturated rings. The highest BCUT2D eigenvalue weighted by molar-refractivity contribution is 6.33. The van der Waals surface area contributed by atoms with E-state index in [9.17, 15) is 27.6 Å². The van der Waals surface area contributed by atoms with E-state index in [0.717, 1.165) is 49.5 Å². The number of piperazine rings is 1. The number of rotatable bonds is 9. The van der Waals surface area contributed by atoms with Crippen LogP contribution in [0, 0.1) is 0 Å². The molecule has 1 aromatic carbocycles. The predicted molar refractivity (Wildman–Crippen MR) is 187 cm³/mol. The van der Waals surface area contributed by atoms with Crippen LogP contribution in [0.1, 0.15) is 68.6 Å². The molecule has 1 amide bonds. The van der Waals surface area contributed by atoms with Crippen LogP contribution in [0.5, 0.6) is 0 Å². The lowest BCUT2D eigenvalue weighted by atomic mass is 9.93. The molecule has 0 bridgehead atoms. The molecule has 2 N–H and O–H groups in total. The number of anilines is 3. The van der Waals surface area contributed by atoms with Crippen LogP contribution in [0.4, 0.5) is 30.2 Å². The van der Waals surface area contributed by atoms with Crippen molar-refractivity contribution >= 4 is 45.9 Å². The summed E-state index contributed by atoms with van der Waals surface area (Å²) < 4.78 is 49.7. The highest BCUT2D eigenvalue weighted by Crippen LogP contribution is 2.34. The fourth-order valence-electron chi connectivity index (χ4n) is 7.11. The number of alkyl halides is 3. The zero-order valence-corrected chi connectivity index (χ0v) is 29.1. The van der Waals surface area contributed by atoms with Gasteiger partial charge >= 0.3 is 6.18 Å². The number of fused-ring (bicyclic) bond motifs is 1. The number of benzene rings is 1. The highest BCUT2D eigenvalue weighted by Gasteiger charge is 2.32. The number of halogens is 4. The Bertz CT molecular complexity index is 2110. The number of aromatic amines is 1. The molecule has 13 nitrogen and oxygen atoms in total. The lowest BCUT2D eigenvalue weighted by Gasteiger charge is -2.37. The van der Waals surface area contributed by atoms with Crippen LogP contribution in [0.3, 0.4) is 0 Å². The van der Waals surface area contributed by atoms with Crippen molar-refractivity contribution in [3.63, 3.8) is 0 Å². The molecule has 17 heteroatoms. The van der Waals surface area contributed by atoms with Gasteiger partial charge in [-0.05, 0) is 68.7 Å². The van der Waals surface area contributed by atoms with E-state index in [0.29, 0.717) is 68.3 Å². The van der Waals surface area contributed by atoms with Gasteiger partial charge in [0.1, 0.15) is 17.9 Å². The minimum absolute atomic E-state index is 0.0180. The number of hydrogen-bond acceptors (Lipinski definition) is 8. The van der Waals surface area contributed by atoms with Gasteiger partial charge in [0.15, 0.2) is 5.82 Å². The van der Waals surface area contributed by atoms with Crippen molar-refractivity contribution in [3.8, 4) is 0 Å². The average Bonchev–Trinajstić information content (AvgIpc) is 3.70. The van der Waals surface area contributed by atoms with Gasteiger partial charge in [-0.25, -0.2) is 4.68 Å². The summed E-state index contributed by atoms with van der Waals surface area (Å²) in [4.78, 5) is 49.8. The maximum Gasteiger partial charge on any atom is 0.416 e. The molecule has 2 aliphatic carbocycles. The maximum absolute atomic E-state index is 14.3. The van der Waals surface area contributed by atoms with E-state index in [4.69, 9.17) is 21.3 Å². The van der Waals surface area contributed by atoms with Crippen molar-refractivity contribution in [2.24, 2.45) is 0 Å². The number of H-pyrrole nitrogens is 1. The first-order valence-corrected chi connectivity index (χ1v) is 17.6. The summed E-state index contributed by atoms with van der Waals surface area (Å²) in [6.07, 6.45) is 4.75. The number of ether oxygens (including phenoxy) is 1. The van der Waals surface area contributed by atoms with Gasteiger partial charge in [0, 0.05) is 39.5 Å². The van der Waals surface area contributed by atoms with E-state index in [2.05, 4.69) is 15.5 Å². The van der Waals surface area contributed by atoms with Gasteiger partial charge in [0.2, 0.25) is 11.7 Å². The quantitative estimate of drug-likeness (QED) is 0.249. The molecule has 7 rings (SSSR count). The number of carbonyl (C=O) groups excluding carboxylic acids is 1. The smallest absolute Gasteiger partial charge is 0.381 e. The topological polar surface area (TPSA) is 135 Å². The summed E-state index contributed by atoms with van der Waals surface area (Å²) in [5, 5.41) is 10.1. The first kappa shape index (κ1) is 34.9. The molecule has 1 aliphatic heterocycles. The van der Waals surface area contributed by atoms with Crippen LogP contribution in [0.25, 0.3) is 11.4 Å². The van der Waals surface area contributed by atoms with Crippen molar-refractivity contribution in [2.45, 2.75) is 76.7 Å². The summed E-state index contributed by atoms with van der Waals surface area (Å²) in [7, 11) is 1.67. The predicted octanol–water partition coefficient (Wildman–Crippen LogP) is 4.89. The van der Waals surface area contributed by atoms with E-state index < -0.39 is 17.6 Å². The lowest BCUT2D eigenvalue weighted by molar-refractivity contribution is -0.137. The summed E-state index contributed by atoms with van der Waals surface area (Å²) in [5.74, 6) is -0.0328. The summed E-state index contributed by atoms with van der Waals surface area (Å²) in [6.45, 7) is 3.40. The molecule has 1 unspecified atom stereocenters. The number of allylic oxidation sites excluding steroid dienone is 1.